The van der Waals surface area contributed by atoms with Crippen LogP contribution < -0.4 is 5.32 Å². The van der Waals surface area contributed by atoms with E-state index >= 15 is 0 Å². The standard InChI is InChI=1S/C23H25Cl2N3S/c1-27-14-16(21-9-5-6-10-22(21)27)15-28(20-7-3-2-4-8-20)23(29)26-19-12-17(24)11-18(25)13-19/h5-6,9-14,20H,2-4,7-8,15H2,1H3,(H,26,29). The number of anilines is 1. The van der Waals surface area contributed by atoms with Crippen LogP contribution in [0, 0.1) is 0 Å². The molecule has 0 atom stereocenters. The lowest BCUT2D eigenvalue weighted by Crippen LogP contribution is -2.43. The van der Waals surface area contributed by atoms with Gasteiger partial charge in [0.25, 0.3) is 0 Å². The van der Waals surface area contributed by atoms with Crippen LogP contribution >= 0.6 is 35.4 Å². The van der Waals surface area contributed by atoms with Gasteiger partial charge in [-0.2, -0.15) is 0 Å². The summed E-state index contributed by atoms with van der Waals surface area (Å²) in [6, 6.07) is 14.4. The van der Waals surface area contributed by atoms with Crippen LogP contribution in [0.25, 0.3) is 10.9 Å². The summed E-state index contributed by atoms with van der Waals surface area (Å²) in [6.45, 7) is 0.784. The summed E-state index contributed by atoms with van der Waals surface area (Å²) >= 11 is 18.2. The number of aromatic nitrogens is 1. The van der Waals surface area contributed by atoms with Gasteiger partial charge in [-0.25, -0.2) is 0 Å². The summed E-state index contributed by atoms with van der Waals surface area (Å²) in [5.41, 5.74) is 3.36. The second-order valence-electron chi connectivity index (χ2n) is 7.79. The third-order valence-corrected chi connectivity index (χ3v) is 6.48. The molecule has 4 rings (SSSR count). The van der Waals surface area contributed by atoms with Gasteiger partial charge in [-0.15, -0.1) is 0 Å². The molecule has 1 aromatic heterocycles. The molecule has 1 aliphatic carbocycles. The summed E-state index contributed by atoms with van der Waals surface area (Å²) in [5.74, 6) is 0. The number of hydrogen-bond acceptors (Lipinski definition) is 1. The minimum absolute atomic E-state index is 0.442. The Morgan fingerprint density at radius 1 is 1.10 bits per heavy atom. The Labute approximate surface area is 187 Å². The van der Waals surface area contributed by atoms with Crippen molar-refractivity contribution in [2.75, 3.05) is 5.32 Å². The molecular weight excluding hydrogens is 421 g/mol. The first-order valence-corrected chi connectivity index (χ1v) is 11.2. The van der Waals surface area contributed by atoms with Gasteiger partial charge in [-0.1, -0.05) is 60.7 Å². The maximum Gasteiger partial charge on any atom is 0.173 e. The fourth-order valence-corrected chi connectivity index (χ4v) is 5.17. The van der Waals surface area contributed by atoms with Crippen LogP contribution in [0.4, 0.5) is 5.69 Å². The third-order valence-electron chi connectivity index (χ3n) is 5.71. The van der Waals surface area contributed by atoms with Crippen molar-refractivity contribution in [2.24, 2.45) is 7.05 Å². The lowest BCUT2D eigenvalue weighted by Gasteiger charge is -2.36. The summed E-state index contributed by atoms with van der Waals surface area (Å²) in [4.78, 5) is 2.35. The molecule has 1 aliphatic rings. The molecule has 0 unspecified atom stereocenters. The zero-order valence-corrected chi connectivity index (χ0v) is 18.8. The Hall–Kier alpha value is -1.75. The van der Waals surface area contributed by atoms with Crippen molar-refractivity contribution in [3.63, 3.8) is 0 Å². The molecule has 1 heterocycles. The van der Waals surface area contributed by atoms with Gasteiger partial charge in [0, 0.05) is 52.5 Å². The SMILES string of the molecule is Cn1cc(CN(C(=S)Nc2cc(Cl)cc(Cl)c2)C2CCCCC2)c2ccccc21. The molecule has 0 spiro atoms. The zero-order chi connectivity index (χ0) is 20.4. The fourth-order valence-electron chi connectivity index (χ4n) is 4.32. The van der Waals surface area contributed by atoms with Gasteiger partial charge < -0.3 is 14.8 Å². The monoisotopic (exact) mass is 445 g/mol. The number of hydrogen-bond donors (Lipinski definition) is 1. The van der Waals surface area contributed by atoms with Crippen molar-refractivity contribution in [1.82, 2.24) is 9.47 Å². The van der Waals surface area contributed by atoms with E-state index in [1.165, 1.54) is 48.6 Å². The average molecular weight is 446 g/mol. The molecule has 0 saturated heterocycles. The molecule has 0 aliphatic heterocycles. The molecule has 6 heteroatoms. The van der Waals surface area contributed by atoms with Gasteiger partial charge in [0.2, 0.25) is 0 Å². The number of halogens is 2. The summed E-state index contributed by atoms with van der Waals surface area (Å²) < 4.78 is 2.19. The van der Waals surface area contributed by atoms with Crippen molar-refractivity contribution in [3.8, 4) is 0 Å². The van der Waals surface area contributed by atoms with Gasteiger partial charge in [0.15, 0.2) is 5.11 Å². The summed E-state index contributed by atoms with van der Waals surface area (Å²) in [5, 5.41) is 6.58. The van der Waals surface area contributed by atoms with Crippen LogP contribution in [-0.4, -0.2) is 20.6 Å². The molecule has 1 saturated carbocycles. The van der Waals surface area contributed by atoms with Gasteiger partial charge in [-0.05, 0) is 54.9 Å². The number of para-hydroxylation sites is 1. The molecular formula is C23H25Cl2N3S. The first-order chi connectivity index (χ1) is 14.0. The Balaban J connectivity index is 1.63. The maximum atomic E-state index is 6.18. The molecule has 2 aromatic carbocycles. The number of thiocarbonyl (C=S) groups is 1. The van der Waals surface area contributed by atoms with E-state index in [0.717, 1.165) is 17.3 Å². The summed E-state index contributed by atoms with van der Waals surface area (Å²) in [7, 11) is 2.10. The van der Waals surface area contributed by atoms with Crippen LogP contribution in [0.2, 0.25) is 10.0 Å². The fraction of sp³-hybridized carbons (Fsp3) is 0.348. The van der Waals surface area contributed by atoms with E-state index in [4.69, 9.17) is 35.4 Å². The molecule has 3 aromatic rings. The number of aryl methyl sites for hydroxylation is 1. The number of nitrogens with one attached hydrogen (secondary N) is 1. The minimum Gasteiger partial charge on any atom is -0.350 e. The largest absolute Gasteiger partial charge is 0.350 e. The van der Waals surface area contributed by atoms with Gasteiger partial charge in [0.1, 0.15) is 0 Å². The van der Waals surface area contributed by atoms with Gasteiger partial charge >= 0.3 is 0 Å². The van der Waals surface area contributed by atoms with Gasteiger partial charge in [-0.3, -0.25) is 0 Å². The van der Waals surface area contributed by atoms with E-state index in [9.17, 15) is 0 Å². The maximum absolute atomic E-state index is 6.18. The lowest BCUT2D eigenvalue weighted by atomic mass is 9.94. The van der Waals surface area contributed by atoms with E-state index < -0.39 is 0 Å². The predicted molar refractivity (Wildman–Crippen MR) is 128 cm³/mol. The Morgan fingerprint density at radius 2 is 1.79 bits per heavy atom. The van der Waals surface area contributed by atoms with Crippen molar-refractivity contribution in [2.45, 2.75) is 44.7 Å². The molecule has 152 valence electrons. The number of nitrogens with zero attached hydrogens (tertiary/aromatic N) is 2. The minimum atomic E-state index is 0.442. The van der Waals surface area contributed by atoms with Crippen molar-refractivity contribution in [1.29, 1.82) is 0 Å². The Bertz CT molecular complexity index is 1000. The van der Waals surface area contributed by atoms with Crippen molar-refractivity contribution in [3.05, 3.63) is 64.3 Å². The van der Waals surface area contributed by atoms with Crippen LogP contribution in [0.15, 0.2) is 48.7 Å². The summed E-state index contributed by atoms with van der Waals surface area (Å²) in [6.07, 6.45) is 8.37. The zero-order valence-electron chi connectivity index (χ0n) is 16.5. The van der Waals surface area contributed by atoms with Crippen LogP contribution in [0.1, 0.15) is 37.7 Å². The van der Waals surface area contributed by atoms with E-state index in [-0.39, 0.29) is 0 Å². The molecule has 1 fully saturated rings. The molecule has 0 amide bonds. The Morgan fingerprint density at radius 3 is 2.52 bits per heavy atom. The van der Waals surface area contributed by atoms with Crippen LogP contribution in [0.3, 0.4) is 0 Å². The van der Waals surface area contributed by atoms with E-state index in [2.05, 4.69) is 52.3 Å². The number of benzene rings is 2. The van der Waals surface area contributed by atoms with Crippen LogP contribution in [0.5, 0.6) is 0 Å². The predicted octanol–water partition coefficient (Wildman–Crippen LogP) is 7.02. The number of rotatable bonds is 4. The first kappa shape index (κ1) is 20.5. The average Bonchev–Trinajstić information content (AvgIpc) is 3.02. The molecule has 0 bridgehead atoms. The van der Waals surface area contributed by atoms with E-state index in [0.29, 0.717) is 16.1 Å². The lowest BCUT2D eigenvalue weighted by molar-refractivity contribution is 0.241. The van der Waals surface area contributed by atoms with Crippen LogP contribution in [-0.2, 0) is 13.6 Å². The quantitative estimate of drug-likeness (QED) is 0.435. The smallest absolute Gasteiger partial charge is 0.173 e. The van der Waals surface area contributed by atoms with E-state index in [1.807, 2.05) is 12.1 Å². The van der Waals surface area contributed by atoms with Gasteiger partial charge in [0.05, 0.1) is 0 Å². The third kappa shape index (κ3) is 4.71. The number of fused-ring (bicyclic) bond motifs is 1. The molecule has 1 N–H and O–H groups in total. The molecule has 0 radical (unpaired) electrons. The second kappa shape index (κ2) is 8.95. The molecule has 29 heavy (non-hydrogen) atoms. The van der Waals surface area contributed by atoms with E-state index in [1.54, 1.807) is 6.07 Å². The van der Waals surface area contributed by atoms with Crippen molar-refractivity contribution < 1.29 is 0 Å². The highest BCUT2D eigenvalue weighted by molar-refractivity contribution is 7.80. The topological polar surface area (TPSA) is 20.2 Å². The highest BCUT2D eigenvalue weighted by Gasteiger charge is 2.25. The Kier molecular flexibility index (Phi) is 6.33. The first-order valence-electron chi connectivity index (χ1n) is 10.1. The molecule has 3 nitrogen and oxygen atoms in total. The normalized spacial score (nSPS) is 14.9. The highest BCUT2D eigenvalue weighted by atomic mass is 35.5. The second-order valence-corrected chi connectivity index (χ2v) is 9.05. The highest BCUT2D eigenvalue weighted by Crippen LogP contribution is 2.29. The van der Waals surface area contributed by atoms with Crippen molar-refractivity contribution >= 4 is 57.1 Å².